The number of aromatic amines is 1. The highest BCUT2D eigenvalue weighted by atomic mass is 35.5. The van der Waals surface area contributed by atoms with Gasteiger partial charge in [0.15, 0.2) is 5.16 Å². The van der Waals surface area contributed by atoms with Crippen molar-refractivity contribution in [2.24, 2.45) is 0 Å². The van der Waals surface area contributed by atoms with Crippen LogP contribution in [0.25, 0.3) is 5.78 Å². The number of amides is 1. The molecule has 0 saturated carbocycles. The number of H-pyrrole nitrogens is 1. The Bertz CT molecular complexity index is 1030. The smallest absolute Gasteiger partial charge is 0.255 e. The SMILES string of the molecule is Cc1ccc(NC(=O)CSc2nnc3[nH]c(=O)c(C)c(C)n23)cc1Cl. The van der Waals surface area contributed by atoms with Crippen LogP contribution in [0.5, 0.6) is 0 Å². The maximum Gasteiger partial charge on any atom is 0.255 e. The van der Waals surface area contributed by atoms with E-state index in [1.807, 2.05) is 19.9 Å². The predicted octanol–water partition coefficient (Wildman–Crippen LogP) is 2.73. The van der Waals surface area contributed by atoms with Gasteiger partial charge in [0.2, 0.25) is 11.7 Å². The molecule has 2 N–H and O–H groups in total. The largest absolute Gasteiger partial charge is 0.325 e. The fourth-order valence-electron chi connectivity index (χ4n) is 2.27. The van der Waals surface area contributed by atoms with Gasteiger partial charge in [-0.15, -0.1) is 10.2 Å². The van der Waals surface area contributed by atoms with Crippen molar-refractivity contribution in [3.63, 3.8) is 0 Å². The van der Waals surface area contributed by atoms with E-state index in [1.54, 1.807) is 23.5 Å². The standard InChI is InChI=1S/C16H16ClN5O2S/c1-8-4-5-11(6-12(8)17)18-13(23)7-25-16-21-20-15-19-14(24)9(2)10(3)22(15)16/h4-6H,7H2,1-3H3,(H,18,23)(H,19,20,24). The lowest BCUT2D eigenvalue weighted by Gasteiger charge is -2.07. The molecule has 0 radical (unpaired) electrons. The average molecular weight is 378 g/mol. The molecule has 0 saturated heterocycles. The number of nitrogens with zero attached hydrogens (tertiary/aromatic N) is 3. The number of fused-ring (bicyclic) bond motifs is 1. The third-order valence-electron chi connectivity index (χ3n) is 3.87. The molecule has 2 heterocycles. The molecule has 0 fully saturated rings. The number of carbonyl (C=O) groups is 1. The Labute approximate surface area is 152 Å². The first kappa shape index (κ1) is 17.5. The molecule has 25 heavy (non-hydrogen) atoms. The van der Waals surface area contributed by atoms with Gasteiger partial charge >= 0.3 is 0 Å². The number of rotatable bonds is 4. The molecule has 7 nitrogen and oxygen atoms in total. The number of nitrogens with one attached hydrogen (secondary N) is 2. The zero-order valence-electron chi connectivity index (χ0n) is 13.9. The molecule has 3 aromatic rings. The van der Waals surface area contributed by atoms with E-state index >= 15 is 0 Å². The summed E-state index contributed by atoms with van der Waals surface area (Å²) in [5.74, 6) is 0.339. The monoisotopic (exact) mass is 377 g/mol. The lowest BCUT2D eigenvalue weighted by molar-refractivity contribution is -0.113. The van der Waals surface area contributed by atoms with E-state index in [2.05, 4.69) is 20.5 Å². The van der Waals surface area contributed by atoms with Gasteiger partial charge in [0.05, 0.1) is 5.75 Å². The Hall–Kier alpha value is -2.32. The Balaban J connectivity index is 1.74. The van der Waals surface area contributed by atoms with E-state index in [0.717, 1.165) is 11.3 Å². The number of hydrogen-bond donors (Lipinski definition) is 2. The number of anilines is 1. The third kappa shape index (κ3) is 3.54. The van der Waals surface area contributed by atoms with E-state index < -0.39 is 0 Å². The van der Waals surface area contributed by atoms with Crippen LogP contribution in [0, 0.1) is 20.8 Å². The van der Waals surface area contributed by atoms with Crippen LogP contribution < -0.4 is 10.9 Å². The van der Waals surface area contributed by atoms with E-state index in [0.29, 0.717) is 27.2 Å². The molecular formula is C16H16ClN5O2S. The molecule has 0 unspecified atom stereocenters. The molecule has 3 rings (SSSR count). The molecule has 0 aliphatic heterocycles. The topological polar surface area (TPSA) is 92.2 Å². The van der Waals surface area contributed by atoms with Crippen molar-refractivity contribution >= 4 is 40.7 Å². The summed E-state index contributed by atoms with van der Waals surface area (Å²) in [6.45, 7) is 5.45. The lowest BCUT2D eigenvalue weighted by atomic mass is 10.2. The summed E-state index contributed by atoms with van der Waals surface area (Å²) >= 11 is 7.30. The quantitative estimate of drug-likeness (QED) is 0.682. The van der Waals surface area contributed by atoms with Gasteiger partial charge in [-0.1, -0.05) is 29.4 Å². The van der Waals surface area contributed by atoms with Crippen LogP contribution in [0.1, 0.15) is 16.8 Å². The first-order chi connectivity index (χ1) is 11.9. The number of aryl methyl sites for hydroxylation is 2. The van der Waals surface area contributed by atoms with E-state index in [-0.39, 0.29) is 17.2 Å². The van der Waals surface area contributed by atoms with Gasteiger partial charge in [-0.2, -0.15) is 0 Å². The van der Waals surface area contributed by atoms with Crippen LogP contribution in [-0.4, -0.2) is 31.2 Å². The van der Waals surface area contributed by atoms with E-state index in [1.165, 1.54) is 11.8 Å². The van der Waals surface area contributed by atoms with Gasteiger partial charge in [-0.05, 0) is 38.5 Å². The Kier molecular flexibility index (Phi) is 4.82. The minimum Gasteiger partial charge on any atom is -0.325 e. The van der Waals surface area contributed by atoms with Crippen molar-refractivity contribution in [3.8, 4) is 0 Å². The summed E-state index contributed by atoms with van der Waals surface area (Å²) in [7, 11) is 0. The molecule has 1 aromatic carbocycles. The van der Waals surface area contributed by atoms with Crippen LogP contribution in [0.15, 0.2) is 28.2 Å². The number of aromatic nitrogens is 4. The van der Waals surface area contributed by atoms with Crippen molar-refractivity contribution in [2.45, 2.75) is 25.9 Å². The Morgan fingerprint density at radius 1 is 1.32 bits per heavy atom. The maximum atomic E-state index is 12.2. The molecule has 2 aromatic heterocycles. The van der Waals surface area contributed by atoms with E-state index in [9.17, 15) is 9.59 Å². The molecule has 9 heteroatoms. The fourth-order valence-corrected chi connectivity index (χ4v) is 3.24. The van der Waals surface area contributed by atoms with Gasteiger partial charge in [-0.25, -0.2) is 0 Å². The molecule has 0 aliphatic carbocycles. The second-order valence-electron chi connectivity index (χ2n) is 5.61. The van der Waals surface area contributed by atoms with Crippen LogP contribution in [0.2, 0.25) is 5.02 Å². The van der Waals surface area contributed by atoms with Crippen molar-refractivity contribution in [1.82, 2.24) is 19.6 Å². The molecule has 0 atom stereocenters. The van der Waals surface area contributed by atoms with Crippen molar-refractivity contribution in [1.29, 1.82) is 0 Å². The van der Waals surface area contributed by atoms with Crippen LogP contribution >= 0.6 is 23.4 Å². The van der Waals surface area contributed by atoms with E-state index in [4.69, 9.17) is 11.6 Å². The second kappa shape index (κ2) is 6.89. The molecule has 130 valence electrons. The van der Waals surface area contributed by atoms with Gasteiger partial charge < -0.3 is 5.32 Å². The van der Waals surface area contributed by atoms with Gasteiger partial charge in [0, 0.05) is 22.0 Å². The molecule has 0 spiro atoms. The first-order valence-corrected chi connectivity index (χ1v) is 8.86. The summed E-state index contributed by atoms with van der Waals surface area (Å²) in [4.78, 5) is 26.6. The summed E-state index contributed by atoms with van der Waals surface area (Å²) in [6, 6.07) is 5.36. The minimum absolute atomic E-state index is 0.157. The lowest BCUT2D eigenvalue weighted by Crippen LogP contribution is -2.16. The Morgan fingerprint density at radius 2 is 2.08 bits per heavy atom. The maximum absolute atomic E-state index is 12.2. The Morgan fingerprint density at radius 3 is 2.80 bits per heavy atom. The zero-order valence-corrected chi connectivity index (χ0v) is 15.5. The van der Waals surface area contributed by atoms with Crippen molar-refractivity contribution in [3.05, 3.63) is 50.4 Å². The fraction of sp³-hybridized carbons (Fsp3) is 0.250. The van der Waals surface area contributed by atoms with Gasteiger partial charge in [-0.3, -0.25) is 19.0 Å². The first-order valence-electron chi connectivity index (χ1n) is 7.50. The predicted molar refractivity (Wildman–Crippen MR) is 98.6 cm³/mol. The summed E-state index contributed by atoms with van der Waals surface area (Å²) in [6.07, 6.45) is 0. The summed E-state index contributed by atoms with van der Waals surface area (Å²) in [5.41, 5.74) is 2.74. The average Bonchev–Trinajstić information content (AvgIpc) is 2.97. The third-order valence-corrected chi connectivity index (χ3v) is 5.20. The van der Waals surface area contributed by atoms with Gasteiger partial charge in [0.25, 0.3) is 5.56 Å². The summed E-state index contributed by atoms with van der Waals surface area (Å²) < 4.78 is 1.73. The highest BCUT2D eigenvalue weighted by Gasteiger charge is 2.14. The van der Waals surface area contributed by atoms with Crippen molar-refractivity contribution in [2.75, 3.05) is 11.1 Å². The molecule has 0 aliphatic rings. The number of benzene rings is 1. The summed E-state index contributed by atoms with van der Waals surface area (Å²) in [5, 5.41) is 11.9. The number of carbonyl (C=O) groups excluding carboxylic acids is 1. The highest BCUT2D eigenvalue weighted by molar-refractivity contribution is 7.99. The number of hydrogen-bond acceptors (Lipinski definition) is 5. The molecule has 0 bridgehead atoms. The van der Waals surface area contributed by atoms with Crippen LogP contribution in [0.3, 0.4) is 0 Å². The minimum atomic E-state index is -0.192. The molecule has 1 amide bonds. The van der Waals surface area contributed by atoms with Gasteiger partial charge in [0.1, 0.15) is 0 Å². The van der Waals surface area contributed by atoms with Crippen LogP contribution in [-0.2, 0) is 4.79 Å². The van der Waals surface area contributed by atoms with Crippen molar-refractivity contribution < 1.29 is 4.79 Å². The number of halogens is 1. The zero-order chi connectivity index (χ0) is 18.1. The van der Waals surface area contributed by atoms with Crippen LogP contribution in [0.4, 0.5) is 5.69 Å². The second-order valence-corrected chi connectivity index (χ2v) is 6.96. The highest BCUT2D eigenvalue weighted by Crippen LogP contribution is 2.21. The number of thioether (sulfide) groups is 1. The molecular weight excluding hydrogens is 362 g/mol. The normalized spacial score (nSPS) is 11.0.